The Bertz CT molecular complexity index is 736. The van der Waals surface area contributed by atoms with E-state index in [1.165, 1.54) is 27.4 Å². The van der Waals surface area contributed by atoms with Crippen molar-refractivity contribution in [2.24, 2.45) is 0 Å². The van der Waals surface area contributed by atoms with E-state index in [0.717, 1.165) is 5.56 Å². The van der Waals surface area contributed by atoms with Crippen LogP contribution in [0, 0.1) is 0 Å². The molecule has 0 bridgehead atoms. The van der Waals surface area contributed by atoms with Crippen molar-refractivity contribution in [3.05, 3.63) is 45.9 Å². The normalized spacial score (nSPS) is 10.3. The molecule has 0 spiro atoms. The molecule has 2 aromatic rings. The van der Waals surface area contributed by atoms with Gasteiger partial charge in [-0.25, -0.2) is 0 Å². The molecule has 0 saturated heterocycles. The summed E-state index contributed by atoms with van der Waals surface area (Å²) in [5.74, 6) is 1.38. The first-order valence-electron chi connectivity index (χ1n) is 7.43. The molecule has 0 saturated carbocycles. The van der Waals surface area contributed by atoms with Gasteiger partial charge in [-0.1, -0.05) is 23.2 Å². The van der Waals surface area contributed by atoms with Gasteiger partial charge in [-0.15, -0.1) is 0 Å². The van der Waals surface area contributed by atoms with Gasteiger partial charge in [-0.3, -0.25) is 4.79 Å². The highest BCUT2D eigenvalue weighted by molar-refractivity contribution is 6.34. The second-order valence-corrected chi connectivity index (χ2v) is 5.93. The Kier molecular flexibility index (Phi) is 6.79. The third kappa shape index (κ3) is 4.94. The third-order valence-electron chi connectivity index (χ3n) is 3.46. The molecule has 0 amide bonds. The number of ether oxygens (including phenoxy) is 4. The quantitative estimate of drug-likeness (QED) is 0.517. The average molecular weight is 385 g/mol. The minimum absolute atomic E-state index is 0.154. The number of carbonyl (C=O) groups is 1. The summed E-state index contributed by atoms with van der Waals surface area (Å²) in [5.41, 5.74) is 0.851. The molecule has 0 aliphatic carbocycles. The standard InChI is InChI=1S/C18H18Cl2O5/c1-22-15-8-11(9-16(23-2)18(15)24-3)4-7-17(21)25-14-10-12(19)5-6-13(14)20/h5-6,8-10H,4,7H2,1-3H3. The summed E-state index contributed by atoms with van der Waals surface area (Å²) in [7, 11) is 4.61. The molecule has 0 unspecified atom stereocenters. The van der Waals surface area contributed by atoms with Gasteiger partial charge in [-0.2, -0.15) is 0 Å². The van der Waals surface area contributed by atoms with E-state index in [4.69, 9.17) is 42.1 Å². The topological polar surface area (TPSA) is 54.0 Å². The van der Waals surface area contributed by atoms with Crippen molar-refractivity contribution < 1.29 is 23.7 Å². The summed E-state index contributed by atoms with van der Waals surface area (Å²) >= 11 is 11.9. The lowest BCUT2D eigenvalue weighted by molar-refractivity contribution is -0.134. The molecule has 0 radical (unpaired) electrons. The van der Waals surface area contributed by atoms with E-state index in [2.05, 4.69) is 0 Å². The Morgan fingerprint density at radius 2 is 1.56 bits per heavy atom. The van der Waals surface area contributed by atoms with E-state index in [1.54, 1.807) is 24.3 Å². The minimum Gasteiger partial charge on any atom is -0.493 e. The van der Waals surface area contributed by atoms with Gasteiger partial charge >= 0.3 is 5.97 Å². The monoisotopic (exact) mass is 384 g/mol. The summed E-state index contributed by atoms with van der Waals surface area (Å²) < 4.78 is 21.1. The number of carbonyl (C=O) groups excluding carboxylic acids is 1. The number of rotatable bonds is 7. The van der Waals surface area contributed by atoms with Gasteiger partial charge in [-0.05, 0) is 36.2 Å². The highest BCUT2D eigenvalue weighted by Gasteiger charge is 2.15. The maximum atomic E-state index is 12.1. The molecule has 0 atom stereocenters. The van der Waals surface area contributed by atoms with Crippen LogP contribution in [0.2, 0.25) is 10.0 Å². The molecular weight excluding hydrogens is 367 g/mol. The van der Waals surface area contributed by atoms with Crippen molar-refractivity contribution in [1.82, 2.24) is 0 Å². The number of esters is 1. The van der Waals surface area contributed by atoms with Gasteiger partial charge in [0, 0.05) is 17.5 Å². The van der Waals surface area contributed by atoms with Crippen LogP contribution in [-0.4, -0.2) is 27.3 Å². The summed E-state index contributed by atoms with van der Waals surface area (Å²) in [4.78, 5) is 12.1. The molecule has 134 valence electrons. The van der Waals surface area contributed by atoms with Crippen molar-refractivity contribution in [2.45, 2.75) is 12.8 Å². The van der Waals surface area contributed by atoms with Crippen molar-refractivity contribution >= 4 is 29.2 Å². The molecule has 5 nitrogen and oxygen atoms in total. The van der Waals surface area contributed by atoms with Crippen molar-refractivity contribution in [3.8, 4) is 23.0 Å². The van der Waals surface area contributed by atoms with Crippen molar-refractivity contribution in [1.29, 1.82) is 0 Å². The van der Waals surface area contributed by atoms with Gasteiger partial charge in [0.1, 0.15) is 0 Å². The number of halogens is 2. The zero-order chi connectivity index (χ0) is 18.4. The molecule has 25 heavy (non-hydrogen) atoms. The van der Waals surface area contributed by atoms with E-state index in [9.17, 15) is 4.79 Å². The fourth-order valence-corrected chi connectivity index (χ4v) is 2.57. The van der Waals surface area contributed by atoms with Crippen molar-refractivity contribution in [3.63, 3.8) is 0 Å². The molecular formula is C18H18Cl2O5. The van der Waals surface area contributed by atoms with Gasteiger partial charge < -0.3 is 18.9 Å². The smallest absolute Gasteiger partial charge is 0.311 e. The van der Waals surface area contributed by atoms with Gasteiger partial charge in [0.15, 0.2) is 17.2 Å². The van der Waals surface area contributed by atoms with E-state index >= 15 is 0 Å². The zero-order valence-corrected chi connectivity index (χ0v) is 15.6. The van der Waals surface area contributed by atoms with Crippen LogP contribution >= 0.6 is 23.2 Å². The Balaban J connectivity index is 2.07. The van der Waals surface area contributed by atoms with E-state index < -0.39 is 5.97 Å². The van der Waals surface area contributed by atoms with Crippen LogP contribution in [0.15, 0.2) is 30.3 Å². The molecule has 0 N–H and O–H groups in total. The predicted octanol–water partition coefficient (Wildman–Crippen LogP) is 4.56. The molecule has 0 aliphatic rings. The van der Waals surface area contributed by atoms with Crippen LogP contribution in [0.1, 0.15) is 12.0 Å². The highest BCUT2D eigenvalue weighted by atomic mass is 35.5. The molecule has 7 heteroatoms. The zero-order valence-electron chi connectivity index (χ0n) is 14.1. The predicted molar refractivity (Wildman–Crippen MR) is 96.5 cm³/mol. The highest BCUT2D eigenvalue weighted by Crippen LogP contribution is 2.38. The Morgan fingerprint density at radius 1 is 0.920 bits per heavy atom. The SMILES string of the molecule is COc1cc(CCC(=O)Oc2cc(Cl)ccc2Cl)cc(OC)c1OC. The summed E-state index contributed by atoms with van der Waals surface area (Å²) in [6.07, 6.45) is 0.592. The van der Waals surface area contributed by atoms with Crippen LogP contribution in [0.3, 0.4) is 0 Å². The number of hydrogen-bond acceptors (Lipinski definition) is 5. The Labute approximate surface area is 156 Å². The number of hydrogen-bond donors (Lipinski definition) is 0. The summed E-state index contributed by atoms with van der Waals surface area (Å²) in [6.45, 7) is 0. The van der Waals surface area contributed by atoms with Crippen LogP contribution in [0.25, 0.3) is 0 Å². The first kappa shape index (κ1) is 19.2. The fourth-order valence-electron chi connectivity index (χ4n) is 2.26. The van der Waals surface area contributed by atoms with E-state index in [-0.39, 0.29) is 12.2 Å². The maximum absolute atomic E-state index is 12.1. The van der Waals surface area contributed by atoms with Gasteiger partial charge in [0.2, 0.25) is 5.75 Å². The molecule has 0 aliphatic heterocycles. The second kappa shape index (κ2) is 8.83. The first-order valence-corrected chi connectivity index (χ1v) is 8.18. The number of methoxy groups -OCH3 is 3. The lowest BCUT2D eigenvalue weighted by Gasteiger charge is -2.14. The minimum atomic E-state index is -0.419. The maximum Gasteiger partial charge on any atom is 0.311 e. The molecule has 0 aromatic heterocycles. The van der Waals surface area contributed by atoms with Crippen LogP contribution < -0.4 is 18.9 Å². The van der Waals surface area contributed by atoms with Crippen LogP contribution in [0.4, 0.5) is 0 Å². The van der Waals surface area contributed by atoms with Gasteiger partial charge in [0.25, 0.3) is 0 Å². The number of aryl methyl sites for hydroxylation is 1. The Hall–Kier alpha value is -2.11. The Morgan fingerprint density at radius 3 is 2.12 bits per heavy atom. The number of benzene rings is 2. The average Bonchev–Trinajstić information content (AvgIpc) is 2.61. The van der Waals surface area contributed by atoms with E-state index in [1.807, 2.05) is 0 Å². The summed E-state index contributed by atoms with van der Waals surface area (Å²) in [6, 6.07) is 8.28. The first-order chi connectivity index (χ1) is 12.0. The second-order valence-electron chi connectivity index (χ2n) is 5.08. The van der Waals surface area contributed by atoms with Gasteiger partial charge in [0.05, 0.1) is 26.4 Å². The van der Waals surface area contributed by atoms with Crippen LogP contribution in [-0.2, 0) is 11.2 Å². The molecule has 2 rings (SSSR count). The van der Waals surface area contributed by atoms with E-state index in [0.29, 0.717) is 33.7 Å². The largest absolute Gasteiger partial charge is 0.493 e. The van der Waals surface area contributed by atoms with Crippen molar-refractivity contribution in [2.75, 3.05) is 21.3 Å². The fraction of sp³-hybridized carbons (Fsp3) is 0.278. The summed E-state index contributed by atoms with van der Waals surface area (Å²) in [5, 5.41) is 0.766. The molecule has 0 heterocycles. The lowest BCUT2D eigenvalue weighted by atomic mass is 10.1. The lowest BCUT2D eigenvalue weighted by Crippen LogP contribution is -2.09. The van der Waals surface area contributed by atoms with Crippen LogP contribution in [0.5, 0.6) is 23.0 Å². The third-order valence-corrected chi connectivity index (χ3v) is 4.01. The molecule has 2 aromatic carbocycles. The molecule has 0 fully saturated rings.